The van der Waals surface area contributed by atoms with Crippen LogP contribution < -0.4 is 0 Å². The minimum Gasteiger partial charge on any atom is -0.289 e. The number of nitrogens with zero attached hydrogens (tertiary/aromatic N) is 2. The molecule has 18 heavy (non-hydrogen) atoms. The molecule has 0 saturated carbocycles. The number of rotatable bonds is 1. The smallest absolute Gasteiger partial charge is 0.289 e. The minimum absolute atomic E-state index is 0.0935. The summed E-state index contributed by atoms with van der Waals surface area (Å²) in [6.07, 6.45) is -3.73. The van der Waals surface area contributed by atoms with E-state index < -0.39 is 25.9 Å². The lowest BCUT2D eigenvalue weighted by molar-refractivity contribution is -0.143. The first-order chi connectivity index (χ1) is 8.12. The van der Waals surface area contributed by atoms with Crippen LogP contribution in [0.2, 0.25) is 0 Å². The summed E-state index contributed by atoms with van der Waals surface area (Å²) in [5.74, 6) is 0. The van der Waals surface area contributed by atoms with Crippen LogP contribution in [0.3, 0.4) is 0 Å². The molecule has 2 rings (SSSR count). The number of hydrogen-bond acceptors (Lipinski definition) is 3. The zero-order valence-corrected chi connectivity index (χ0v) is 10.4. The number of halogens is 4. The second-order valence-electron chi connectivity index (χ2n) is 3.59. The molecule has 0 fully saturated rings. The first-order valence-electron chi connectivity index (χ1n) is 4.62. The van der Waals surface area contributed by atoms with Gasteiger partial charge in [-0.05, 0) is 18.6 Å². The monoisotopic (exact) mass is 298 g/mol. The maximum absolute atomic E-state index is 12.7. The third kappa shape index (κ3) is 2.05. The average molecular weight is 299 g/mol. The van der Waals surface area contributed by atoms with E-state index in [9.17, 15) is 21.6 Å². The van der Waals surface area contributed by atoms with E-state index in [-0.39, 0.29) is 5.65 Å². The number of fused-ring (bicyclic) bond motifs is 1. The molecule has 0 saturated heterocycles. The zero-order valence-electron chi connectivity index (χ0n) is 8.86. The van der Waals surface area contributed by atoms with Crippen molar-refractivity contribution < 1.29 is 21.6 Å². The molecule has 0 atom stereocenters. The van der Waals surface area contributed by atoms with Crippen LogP contribution in [0.5, 0.6) is 0 Å². The molecule has 2 aromatic rings. The third-order valence-corrected chi connectivity index (χ3v) is 3.59. The standard InChI is InChI=1S/C9H6ClF3N2O2S/c1-5-3-2-4-15-7(5)14-6(9(11,12)13)8(15)18(10,16)17/h2-4H,1H3. The fourth-order valence-electron chi connectivity index (χ4n) is 1.60. The molecule has 98 valence electrons. The quantitative estimate of drug-likeness (QED) is 0.760. The Hall–Kier alpha value is -1.28. The van der Waals surface area contributed by atoms with Crippen LogP contribution in [0.25, 0.3) is 5.65 Å². The Morgan fingerprint density at radius 2 is 2.00 bits per heavy atom. The van der Waals surface area contributed by atoms with Crippen LogP contribution in [0.1, 0.15) is 11.3 Å². The van der Waals surface area contributed by atoms with E-state index in [0.29, 0.717) is 5.56 Å². The summed E-state index contributed by atoms with van der Waals surface area (Å²) < 4.78 is 61.7. The molecule has 0 spiro atoms. The van der Waals surface area contributed by atoms with Crippen molar-refractivity contribution in [2.75, 3.05) is 0 Å². The Bertz CT molecular complexity index is 721. The summed E-state index contributed by atoms with van der Waals surface area (Å²) in [6.45, 7) is 1.52. The van der Waals surface area contributed by atoms with Gasteiger partial charge in [0.2, 0.25) is 0 Å². The van der Waals surface area contributed by atoms with Crippen molar-refractivity contribution in [1.29, 1.82) is 0 Å². The summed E-state index contributed by atoms with van der Waals surface area (Å²) in [4.78, 5) is 3.32. The van der Waals surface area contributed by atoms with E-state index in [1.54, 1.807) is 0 Å². The average Bonchev–Trinajstić information content (AvgIpc) is 2.56. The summed E-state index contributed by atoms with van der Waals surface area (Å²) in [7, 11) is 0.490. The predicted molar refractivity (Wildman–Crippen MR) is 58.0 cm³/mol. The number of imidazole rings is 1. The lowest BCUT2D eigenvalue weighted by Crippen LogP contribution is -2.11. The largest absolute Gasteiger partial charge is 0.436 e. The highest BCUT2D eigenvalue weighted by atomic mass is 35.7. The Kier molecular flexibility index (Phi) is 2.82. The molecular formula is C9H6ClF3N2O2S. The van der Waals surface area contributed by atoms with Crippen molar-refractivity contribution in [1.82, 2.24) is 9.38 Å². The first kappa shape index (κ1) is 13.2. The normalized spacial score (nSPS) is 13.2. The third-order valence-electron chi connectivity index (χ3n) is 2.30. The summed E-state index contributed by atoms with van der Waals surface area (Å²) in [6, 6.07) is 2.93. The van der Waals surface area contributed by atoms with E-state index >= 15 is 0 Å². The van der Waals surface area contributed by atoms with Crippen LogP contribution in [0.4, 0.5) is 13.2 Å². The Morgan fingerprint density at radius 1 is 1.39 bits per heavy atom. The van der Waals surface area contributed by atoms with Crippen LogP contribution in [0.15, 0.2) is 23.4 Å². The summed E-state index contributed by atoms with van der Waals surface area (Å²) in [5.41, 5.74) is -1.19. The number of pyridine rings is 1. The van der Waals surface area contributed by atoms with Gasteiger partial charge >= 0.3 is 6.18 Å². The molecule has 0 aliphatic rings. The molecule has 2 heterocycles. The molecule has 0 aromatic carbocycles. The first-order valence-corrected chi connectivity index (χ1v) is 6.93. The molecule has 2 aromatic heterocycles. The van der Waals surface area contributed by atoms with E-state index in [4.69, 9.17) is 10.7 Å². The number of aromatic nitrogens is 2. The molecular weight excluding hydrogens is 293 g/mol. The lowest BCUT2D eigenvalue weighted by atomic mass is 10.3. The SMILES string of the molecule is Cc1cccn2c(S(=O)(=O)Cl)c(C(F)(F)F)nc12. The van der Waals surface area contributed by atoms with Gasteiger partial charge in [0, 0.05) is 16.9 Å². The molecule has 0 bridgehead atoms. The maximum atomic E-state index is 12.7. The van der Waals surface area contributed by atoms with Gasteiger partial charge < -0.3 is 0 Å². The van der Waals surface area contributed by atoms with Crippen molar-refractivity contribution in [2.45, 2.75) is 18.1 Å². The molecule has 0 amide bonds. The molecule has 9 heteroatoms. The highest BCUT2D eigenvalue weighted by Crippen LogP contribution is 2.35. The fraction of sp³-hybridized carbons (Fsp3) is 0.222. The number of aryl methyl sites for hydroxylation is 1. The molecule has 0 aliphatic carbocycles. The zero-order chi connectivity index (χ0) is 13.7. The van der Waals surface area contributed by atoms with E-state index in [2.05, 4.69) is 4.98 Å². The van der Waals surface area contributed by atoms with Gasteiger partial charge in [0.15, 0.2) is 10.7 Å². The van der Waals surface area contributed by atoms with E-state index in [1.165, 1.54) is 25.3 Å². The van der Waals surface area contributed by atoms with Crippen LogP contribution in [0, 0.1) is 6.92 Å². The number of hydrogen-bond donors (Lipinski definition) is 0. The van der Waals surface area contributed by atoms with Gasteiger partial charge in [0.1, 0.15) is 5.65 Å². The van der Waals surface area contributed by atoms with Gasteiger partial charge in [-0.3, -0.25) is 4.40 Å². The number of alkyl halides is 3. The van der Waals surface area contributed by atoms with Crippen LogP contribution in [-0.2, 0) is 15.2 Å². The molecule has 0 N–H and O–H groups in total. The fourth-order valence-corrected chi connectivity index (χ4v) is 2.82. The summed E-state index contributed by atoms with van der Waals surface area (Å²) >= 11 is 0. The van der Waals surface area contributed by atoms with Crippen molar-refractivity contribution >= 4 is 25.4 Å². The van der Waals surface area contributed by atoms with Gasteiger partial charge in [-0.2, -0.15) is 13.2 Å². The lowest BCUT2D eigenvalue weighted by Gasteiger charge is -2.04. The molecule has 4 nitrogen and oxygen atoms in total. The van der Waals surface area contributed by atoms with Gasteiger partial charge in [-0.15, -0.1) is 0 Å². The van der Waals surface area contributed by atoms with Crippen molar-refractivity contribution in [3.63, 3.8) is 0 Å². The summed E-state index contributed by atoms with van der Waals surface area (Å²) in [5, 5.41) is -1.06. The second kappa shape index (κ2) is 3.86. The Morgan fingerprint density at radius 3 is 2.50 bits per heavy atom. The highest BCUT2D eigenvalue weighted by Gasteiger charge is 2.41. The topological polar surface area (TPSA) is 51.4 Å². The Labute approximate surface area is 104 Å². The van der Waals surface area contributed by atoms with Crippen molar-refractivity contribution in [3.8, 4) is 0 Å². The Balaban J connectivity index is 3.00. The van der Waals surface area contributed by atoms with Crippen molar-refractivity contribution in [2.24, 2.45) is 0 Å². The second-order valence-corrected chi connectivity index (χ2v) is 6.07. The van der Waals surface area contributed by atoms with Gasteiger partial charge in [0.05, 0.1) is 0 Å². The maximum Gasteiger partial charge on any atom is 0.436 e. The van der Waals surface area contributed by atoms with E-state index in [1.807, 2.05) is 0 Å². The van der Waals surface area contributed by atoms with Gasteiger partial charge in [-0.1, -0.05) is 6.07 Å². The minimum atomic E-state index is -4.89. The highest BCUT2D eigenvalue weighted by molar-refractivity contribution is 8.13. The van der Waals surface area contributed by atoms with Crippen molar-refractivity contribution in [3.05, 3.63) is 29.6 Å². The van der Waals surface area contributed by atoms with E-state index in [0.717, 1.165) is 4.40 Å². The molecule has 0 unspecified atom stereocenters. The molecule has 0 radical (unpaired) electrons. The predicted octanol–water partition coefficient (Wildman–Crippen LogP) is 2.59. The van der Waals surface area contributed by atoms with Crippen LogP contribution in [-0.4, -0.2) is 17.8 Å². The van der Waals surface area contributed by atoms with Crippen LogP contribution >= 0.6 is 10.7 Å². The van der Waals surface area contributed by atoms with Gasteiger partial charge in [0.25, 0.3) is 9.05 Å². The van der Waals surface area contributed by atoms with Gasteiger partial charge in [-0.25, -0.2) is 13.4 Å². The molecule has 0 aliphatic heterocycles.